The normalized spacial score (nSPS) is 12.0. The Morgan fingerprint density at radius 1 is 1.30 bits per heavy atom. The molecule has 0 bridgehead atoms. The highest BCUT2D eigenvalue weighted by atomic mass is 79.9. The number of rotatable bonds is 6. The summed E-state index contributed by atoms with van der Waals surface area (Å²) in [6.45, 7) is 5.78. The van der Waals surface area contributed by atoms with Crippen LogP contribution in [0, 0.1) is 0 Å². The number of nitrogens with zero attached hydrogens (tertiary/aromatic N) is 2. The largest absolute Gasteiger partial charge is 0.375 e. The zero-order chi connectivity index (χ0) is 15.3. The van der Waals surface area contributed by atoms with Crippen LogP contribution in [0.15, 0.2) is 4.47 Å². The van der Waals surface area contributed by atoms with Crippen LogP contribution in [0.4, 0.5) is 14.6 Å². The topological polar surface area (TPSA) is 47.0 Å². The van der Waals surface area contributed by atoms with Gasteiger partial charge in [0.15, 0.2) is 0 Å². The summed E-state index contributed by atoms with van der Waals surface area (Å²) in [5.41, 5.74) is 0.729. The van der Waals surface area contributed by atoms with Crippen molar-refractivity contribution in [2.45, 2.75) is 39.0 Å². The fourth-order valence-electron chi connectivity index (χ4n) is 1.60. The van der Waals surface area contributed by atoms with Crippen LogP contribution in [0.3, 0.4) is 0 Å². The number of nitrogens with one attached hydrogen (secondary N) is 1. The lowest BCUT2D eigenvalue weighted by Gasteiger charge is -2.21. The third-order valence-electron chi connectivity index (χ3n) is 2.56. The van der Waals surface area contributed by atoms with Gasteiger partial charge in [-0.2, -0.15) is 0 Å². The molecule has 4 nitrogen and oxygen atoms in total. The maximum atomic E-state index is 12.0. The molecule has 0 amide bonds. The van der Waals surface area contributed by atoms with E-state index < -0.39 is 13.0 Å². The van der Waals surface area contributed by atoms with E-state index in [1.165, 1.54) is 0 Å². The van der Waals surface area contributed by atoms with Crippen molar-refractivity contribution in [1.82, 2.24) is 9.97 Å². The van der Waals surface area contributed by atoms with Crippen LogP contribution in [0.25, 0.3) is 0 Å². The van der Waals surface area contributed by atoms with Crippen molar-refractivity contribution in [3.05, 3.63) is 16.0 Å². The molecule has 0 aromatic carbocycles. The molecule has 1 rings (SSSR count). The average molecular weight is 352 g/mol. The van der Waals surface area contributed by atoms with Gasteiger partial charge in [-0.3, -0.25) is 0 Å². The van der Waals surface area contributed by atoms with E-state index in [-0.39, 0.29) is 12.0 Å². The summed E-state index contributed by atoms with van der Waals surface area (Å²) < 4.78 is 29.7. The second-order valence-electron chi connectivity index (χ2n) is 5.37. The Kier molecular flexibility index (Phi) is 6.26. The van der Waals surface area contributed by atoms with E-state index in [1.54, 1.807) is 7.05 Å². The number of alkyl halides is 2. The molecule has 1 heterocycles. The standard InChI is InChI=1S/C13H20BrF2N3O/c1-13(2,3)11-10(14)12(17-4)19-9(18-11)5-6-20-7-8(15)16/h8H,5-7H2,1-4H3,(H,17,18,19). The number of halogens is 3. The molecule has 0 aliphatic heterocycles. The van der Waals surface area contributed by atoms with Crippen molar-refractivity contribution in [2.24, 2.45) is 0 Å². The van der Waals surface area contributed by atoms with Gasteiger partial charge in [0.05, 0.1) is 16.8 Å². The summed E-state index contributed by atoms with van der Waals surface area (Å²) in [7, 11) is 1.77. The van der Waals surface area contributed by atoms with Crippen molar-refractivity contribution in [3.63, 3.8) is 0 Å². The summed E-state index contributed by atoms with van der Waals surface area (Å²) in [4.78, 5) is 8.85. The molecule has 0 spiro atoms. The third kappa shape index (κ3) is 4.94. The Bertz CT molecular complexity index is 450. The van der Waals surface area contributed by atoms with Gasteiger partial charge >= 0.3 is 0 Å². The molecule has 0 aliphatic carbocycles. The van der Waals surface area contributed by atoms with Crippen molar-refractivity contribution in [2.75, 3.05) is 25.6 Å². The van der Waals surface area contributed by atoms with E-state index in [0.29, 0.717) is 18.1 Å². The van der Waals surface area contributed by atoms with Gasteiger partial charge in [-0.25, -0.2) is 18.7 Å². The number of aromatic nitrogens is 2. The third-order valence-corrected chi connectivity index (χ3v) is 3.31. The van der Waals surface area contributed by atoms with Crippen LogP contribution in [0.5, 0.6) is 0 Å². The number of hydrogen-bond acceptors (Lipinski definition) is 4. The fourth-order valence-corrected chi connectivity index (χ4v) is 2.57. The van der Waals surface area contributed by atoms with Gasteiger partial charge in [-0.15, -0.1) is 0 Å². The molecule has 7 heteroatoms. The summed E-state index contributed by atoms with van der Waals surface area (Å²) in [5, 5.41) is 3.00. The van der Waals surface area contributed by atoms with Crippen molar-refractivity contribution >= 4 is 21.7 Å². The number of hydrogen-bond donors (Lipinski definition) is 1. The Hall–Kier alpha value is -0.820. The summed E-state index contributed by atoms with van der Waals surface area (Å²) >= 11 is 3.49. The quantitative estimate of drug-likeness (QED) is 0.798. The maximum absolute atomic E-state index is 12.0. The molecule has 0 radical (unpaired) electrons. The van der Waals surface area contributed by atoms with E-state index in [4.69, 9.17) is 4.74 Å². The van der Waals surface area contributed by atoms with Crippen LogP contribution >= 0.6 is 15.9 Å². The van der Waals surface area contributed by atoms with Gasteiger partial charge in [-0.05, 0) is 15.9 Å². The smallest absolute Gasteiger partial charge is 0.261 e. The number of ether oxygens (including phenoxy) is 1. The molecule has 1 N–H and O–H groups in total. The molecule has 114 valence electrons. The molecule has 0 saturated heterocycles. The minimum atomic E-state index is -2.45. The van der Waals surface area contributed by atoms with Crippen molar-refractivity contribution in [1.29, 1.82) is 0 Å². The van der Waals surface area contributed by atoms with Crippen molar-refractivity contribution < 1.29 is 13.5 Å². The average Bonchev–Trinajstić information content (AvgIpc) is 2.34. The highest BCUT2D eigenvalue weighted by Crippen LogP contribution is 2.32. The fraction of sp³-hybridized carbons (Fsp3) is 0.692. The summed E-state index contributed by atoms with van der Waals surface area (Å²) in [5.74, 6) is 1.27. The van der Waals surface area contributed by atoms with Gasteiger partial charge in [0, 0.05) is 18.9 Å². The maximum Gasteiger partial charge on any atom is 0.261 e. The lowest BCUT2D eigenvalue weighted by atomic mass is 9.92. The zero-order valence-electron chi connectivity index (χ0n) is 12.1. The molecule has 0 fully saturated rings. The van der Waals surface area contributed by atoms with Gasteiger partial charge in [0.1, 0.15) is 18.2 Å². The second kappa shape index (κ2) is 7.26. The SMILES string of the molecule is CNc1nc(CCOCC(F)F)nc(C(C)(C)C)c1Br. The summed E-state index contributed by atoms with van der Waals surface area (Å²) in [6.07, 6.45) is -2.04. The van der Waals surface area contributed by atoms with Crippen molar-refractivity contribution in [3.8, 4) is 0 Å². The Balaban J connectivity index is 2.87. The first-order chi connectivity index (χ1) is 9.25. The van der Waals surface area contributed by atoms with Gasteiger partial charge in [-0.1, -0.05) is 20.8 Å². The molecule has 0 aliphatic rings. The highest BCUT2D eigenvalue weighted by molar-refractivity contribution is 9.10. The van der Waals surface area contributed by atoms with E-state index in [1.807, 2.05) is 0 Å². The molecule has 20 heavy (non-hydrogen) atoms. The Morgan fingerprint density at radius 3 is 2.45 bits per heavy atom. The molecule has 0 unspecified atom stereocenters. The predicted molar refractivity (Wildman–Crippen MR) is 78.5 cm³/mol. The monoisotopic (exact) mass is 351 g/mol. The van der Waals surface area contributed by atoms with Crippen LogP contribution in [0.1, 0.15) is 32.3 Å². The Morgan fingerprint density at radius 2 is 1.95 bits per heavy atom. The van der Waals surface area contributed by atoms with E-state index in [2.05, 4.69) is 52.0 Å². The van der Waals surface area contributed by atoms with Crippen LogP contribution in [-0.2, 0) is 16.6 Å². The number of anilines is 1. The molecule has 0 atom stereocenters. The van der Waals surface area contributed by atoms with E-state index in [9.17, 15) is 8.78 Å². The second-order valence-corrected chi connectivity index (χ2v) is 6.16. The van der Waals surface area contributed by atoms with Gasteiger partial charge in [0.25, 0.3) is 6.43 Å². The first-order valence-electron chi connectivity index (χ1n) is 6.36. The predicted octanol–water partition coefficient (Wildman–Crippen LogP) is 3.40. The minimum absolute atomic E-state index is 0.147. The van der Waals surface area contributed by atoms with E-state index in [0.717, 1.165) is 10.2 Å². The first-order valence-corrected chi connectivity index (χ1v) is 7.15. The van der Waals surface area contributed by atoms with E-state index >= 15 is 0 Å². The highest BCUT2D eigenvalue weighted by Gasteiger charge is 2.22. The zero-order valence-corrected chi connectivity index (χ0v) is 13.7. The minimum Gasteiger partial charge on any atom is -0.375 e. The lowest BCUT2D eigenvalue weighted by Crippen LogP contribution is -2.19. The molecule has 1 aromatic rings. The van der Waals surface area contributed by atoms with Crippen LogP contribution in [-0.4, -0.2) is 36.7 Å². The molecular weight excluding hydrogens is 332 g/mol. The summed E-state index contributed by atoms with van der Waals surface area (Å²) in [6, 6.07) is 0. The van der Waals surface area contributed by atoms with Crippen LogP contribution in [0.2, 0.25) is 0 Å². The Labute approximate surface area is 126 Å². The van der Waals surface area contributed by atoms with Crippen LogP contribution < -0.4 is 5.32 Å². The lowest BCUT2D eigenvalue weighted by molar-refractivity contribution is 0.0182. The molecule has 1 aromatic heterocycles. The molecule has 0 saturated carbocycles. The molecular formula is C13H20BrF2N3O. The first kappa shape index (κ1) is 17.2. The van der Waals surface area contributed by atoms with Gasteiger partial charge < -0.3 is 10.1 Å². The van der Waals surface area contributed by atoms with Gasteiger partial charge in [0.2, 0.25) is 0 Å².